The van der Waals surface area contributed by atoms with Crippen LogP contribution in [0.1, 0.15) is 44.6 Å². The fourth-order valence-electron chi connectivity index (χ4n) is 2.49. The highest BCUT2D eigenvalue weighted by Gasteiger charge is 2.15. The van der Waals surface area contributed by atoms with Crippen molar-refractivity contribution in [3.63, 3.8) is 0 Å². The molecular formula is C14H24ClN3O2S. The third kappa shape index (κ3) is 5.20. The van der Waals surface area contributed by atoms with Crippen molar-refractivity contribution in [2.75, 3.05) is 25.4 Å². The Morgan fingerprint density at radius 3 is 2.57 bits per heavy atom. The molecule has 1 aromatic rings. The first-order valence-electron chi connectivity index (χ1n) is 7.26. The van der Waals surface area contributed by atoms with E-state index in [-0.39, 0.29) is 29.8 Å². The van der Waals surface area contributed by atoms with Gasteiger partial charge in [0.1, 0.15) is 0 Å². The lowest BCUT2D eigenvalue weighted by molar-refractivity contribution is 0.242. The number of aromatic hydroxyl groups is 1. The predicted octanol–water partition coefficient (Wildman–Crippen LogP) is 2.60. The van der Waals surface area contributed by atoms with Gasteiger partial charge in [0.05, 0.1) is 5.56 Å². The molecule has 7 heteroatoms. The Balaban J connectivity index is 0.00000220. The topological polar surface area (TPSA) is 69.2 Å². The zero-order chi connectivity index (χ0) is 14.5. The molecule has 1 aromatic heterocycles. The molecule has 1 aliphatic heterocycles. The molecule has 2 rings (SSSR count). The molecule has 1 saturated heterocycles. The van der Waals surface area contributed by atoms with Crippen molar-refractivity contribution >= 4 is 24.2 Å². The van der Waals surface area contributed by atoms with E-state index in [0.717, 1.165) is 12.3 Å². The number of thioether (sulfide) groups is 1. The van der Waals surface area contributed by atoms with E-state index >= 15 is 0 Å². The summed E-state index contributed by atoms with van der Waals surface area (Å²) in [4.78, 5) is 21.2. The number of aromatic amines is 1. The van der Waals surface area contributed by atoms with Crippen LogP contribution in [-0.2, 0) is 0 Å². The molecule has 0 spiro atoms. The Bertz CT molecular complexity index is 501. The molecule has 5 nitrogen and oxygen atoms in total. The highest BCUT2D eigenvalue weighted by atomic mass is 35.5. The maximum Gasteiger partial charge on any atom is 0.258 e. The van der Waals surface area contributed by atoms with E-state index < -0.39 is 0 Å². The van der Waals surface area contributed by atoms with Crippen LogP contribution >= 0.6 is 24.2 Å². The molecule has 0 bridgehead atoms. The highest BCUT2D eigenvalue weighted by Crippen LogP contribution is 2.22. The number of hydrogen-bond donors (Lipinski definition) is 2. The van der Waals surface area contributed by atoms with Crippen molar-refractivity contribution in [3.8, 4) is 5.88 Å². The van der Waals surface area contributed by atoms with Crippen LogP contribution in [0.5, 0.6) is 5.88 Å². The van der Waals surface area contributed by atoms with Crippen LogP contribution in [0, 0.1) is 0 Å². The van der Waals surface area contributed by atoms with Gasteiger partial charge < -0.3 is 15.0 Å². The number of piperidine rings is 1. The second-order valence-corrected chi connectivity index (χ2v) is 6.60. The van der Waals surface area contributed by atoms with Gasteiger partial charge in [0.25, 0.3) is 5.56 Å². The van der Waals surface area contributed by atoms with Crippen LogP contribution in [0.25, 0.3) is 0 Å². The van der Waals surface area contributed by atoms with Crippen LogP contribution in [-0.4, -0.2) is 45.4 Å². The number of aromatic nitrogens is 2. The van der Waals surface area contributed by atoms with E-state index in [1.165, 1.54) is 44.1 Å². The number of H-pyrrole nitrogens is 1. The number of nitrogens with one attached hydrogen (secondary N) is 1. The van der Waals surface area contributed by atoms with Crippen LogP contribution in [0.4, 0.5) is 0 Å². The minimum Gasteiger partial charge on any atom is -0.493 e. The first-order chi connectivity index (χ1) is 9.58. The standard InChI is InChI=1S/C14H23N3O2S.ClH/c1-10(2)11-12(18)15-14(16-13(11)19)20-9-8-17-6-4-3-5-7-17;/h10H,3-9H2,1-2H3,(H2,15,16,18,19);1H. The second-order valence-electron chi connectivity index (χ2n) is 5.51. The van der Waals surface area contributed by atoms with Crippen molar-refractivity contribution in [3.05, 3.63) is 15.9 Å². The summed E-state index contributed by atoms with van der Waals surface area (Å²) < 4.78 is 0. The summed E-state index contributed by atoms with van der Waals surface area (Å²) in [6, 6.07) is 0. The molecule has 2 N–H and O–H groups in total. The SMILES string of the molecule is CC(C)c1c(O)nc(SCCN2CCCCC2)[nH]c1=O.Cl. The summed E-state index contributed by atoms with van der Waals surface area (Å²) in [5.41, 5.74) is 0.137. The fourth-order valence-corrected chi connectivity index (χ4v) is 3.35. The zero-order valence-electron chi connectivity index (χ0n) is 12.6. The Morgan fingerprint density at radius 2 is 2.00 bits per heavy atom. The molecule has 0 unspecified atom stereocenters. The molecular weight excluding hydrogens is 310 g/mol. The van der Waals surface area contributed by atoms with Crippen molar-refractivity contribution in [1.29, 1.82) is 0 Å². The second kappa shape index (κ2) is 8.66. The molecule has 0 radical (unpaired) electrons. The van der Waals surface area contributed by atoms with Crippen LogP contribution < -0.4 is 5.56 Å². The molecule has 0 saturated carbocycles. The van der Waals surface area contributed by atoms with E-state index in [2.05, 4.69) is 14.9 Å². The number of hydrogen-bond acceptors (Lipinski definition) is 5. The quantitative estimate of drug-likeness (QED) is 0.640. The van der Waals surface area contributed by atoms with Crippen molar-refractivity contribution in [1.82, 2.24) is 14.9 Å². The van der Waals surface area contributed by atoms with Gasteiger partial charge in [-0.25, -0.2) is 0 Å². The Hall–Kier alpha value is -0.720. The van der Waals surface area contributed by atoms with Gasteiger partial charge in [-0.3, -0.25) is 4.79 Å². The summed E-state index contributed by atoms with van der Waals surface area (Å²) >= 11 is 1.49. The lowest BCUT2D eigenvalue weighted by Gasteiger charge is -2.25. The molecule has 120 valence electrons. The van der Waals surface area contributed by atoms with Gasteiger partial charge in [-0.15, -0.1) is 12.4 Å². The maximum atomic E-state index is 11.9. The van der Waals surface area contributed by atoms with E-state index in [0.29, 0.717) is 10.7 Å². The highest BCUT2D eigenvalue weighted by molar-refractivity contribution is 7.99. The smallest absolute Gasteiger partial charge is 0.258 e. The van der Waals surface area contributed by atoms with Crippen molar-refractivity contribution in [2.24, 2.45) is 0 Å². The minimum absolute atomic E-state index is 0. The van der Waals surface area contributed by atoms with Gasteiger partial charge >= 0.3 is 0 Å². The van der Waals surface area contributed by atoms with Crippen LogP contribution in [0.3, 0.4) is 0 Å². The Morgan fingerprint density at radius 1 is 1.33 bits per heavy atom. The lowest BCUT2D eigenvalue weighted by atomic mass is 10.1. The minimum atomic E-state index is -0.229. The van der Waals surface area contributed by atoms with Gasteiger partial charge in [-0.2, -0.15) is 4.98 Å². The molecule has 0 amide bonds. The molecule has 2 heterocycles. The molecule has 1 aliphatic rings. The number of halogens is 1. The van der Waals surface area contributed by atoms with E-state index in [1.807, 2.05) is 13.8 Å². The third-order valence-electron chi connectivity index (χ3n) is 3.59. The number of nitrogens with zero attached hydrogens (tertiary/aromatic N) is 2. The molecule has 1 fully saturated rings. The number of rotatable bonds is 5. The molecule has 21 heavy (non-hydrogen) atoms. The number of likely N-dealkylation sites (tertiary alicyclic amines) is 1. The van der Waals surface area contributed by atoms with E-state index in [1.54, 1.807) is 0 Å². The first-order valence-corrected chi connectivity index (χ1v) is 8.25. The summed E-state index contributed by atoms with van der Waals surface area (Å²) in [5.74, 6) is 0.714. The van der Waals surface area contributed by atoms with Gasteiger partial charge in [-0.1, -0.05) is 32.0 Å². The fraction of sp³-hybridized carbons (Fsp3) is 0.714. The van der Waals surface area contributed by atoms with E-state index in [4.69, 9.17) is 0 Å². The molecule has 0 aliphatic carbocycles. The normalized spacial score (nSPS) is 16.0. The predicted molar refractivity (Wildman–Crippen MR) is 88.9 cm³/mol. The van der Waals surface area contributed by atoms with Crippen LogP contribution in [0.2, 0.25) is 0 Å². The monoisotopic (exact) mass is 333 g/mol. The summed E-state index contributed by atoms with van der Waals surface area (Å²) in [6.45, 7) is 7.08. The summed E-state index contributed by atoms with van der Waals surface area (Å²) in [6.07, 6.45) is 3.90. The summed E-state index contributed by atoms with van der Waals surface area (Å²) in [7, 11) is 0. The van der Waals surface area contributed by atoms with Gasteiger partial charge in [0.15, 0.2) is 5.16 Å². The Kier molecular flexibility index (Phi) is 7.56. The van der Waals surface area contributed by atoms with Gasteiger partial charge in [0.2, 0.25) is 5.88 Å². The molecule has 0 aromatic carbocycles. The third-order valence-corrected chi connectivity index (χ3v) is 4.44. The zero-order valence-corrected chi connectivity index (χ0v) is 14.2. The molecule has 0 atom stereocenters. The van der Waals surface area contributed by atoms with Crippen molar-refractivity contribution in [2.45, 2.75) is 44.2 Å². The maximum absolute atomic E-state index is 11.9. The van der Waals surface area contributed by atoms with Crippen molar-refractivity contribution < 1.29 is 5.11 Å². The largest absolute Gasteiger partial charge is 0.493 e. The van der Waals surface area contributed by atoms with Crippen LogP contribution in [0.15, 0.2) is 9.95 Å². The lowest BCUT2D eigenvalue weighted by Crippen LogP contribution is -2.31. The average molecular weight is 334 g/mol. The Labute approximate surface area is 136 Å². The summed E-state index contributed by atoms with van der Waals surface area (Å²) in [5, 5.41) is 10.3. The van der Waals surface area contributed by atoms with Gasteiger partial charge in [0, 0.05) is 12.3 Å². The first kappa shape index (κ1) is 18.3. The van der Waals surface area contributed by atoms with Gasteiger partial charge in [-0.05, 0) is 31.8 Å². The van der Waals surface area contributed by atoms with E-state index in [9.17, 15) is 9.90 Å². The average Bonchev–Trinajstić information content (AvgIpc) is 2.38.